The highest BCUT2D eigenvalue weighted by atomic mass is 32.2. The van der Waals surface area contributed by atoms with E-state index < -0.39 is 10.0 Å². The largest absolute Gasteiger partial charge is 0.243 e. The number of hydrogen-bond acceptors (Lipinski definition) is 3. The average molecular weight is 311 g/mol. The summed E-state index contributed by atoms with van der Waals surface area (Å²) in [6.45, 7) is 1.30. The molecule has 1 aliphatic carbocycles. The van der Waals surface area contributed by atoms with E-state index >= 15 is 0 Å². The van der Waals surface area contributed by atoms with E-state index in [0.717, 1.165) is 30.8 Å². The molecule has 3 rings (SSSR count). The molecular weight excluding hydrogens is 290 g/mol. The summed E-state index contributed by atoms with van der Waals surface area (Å²) in [5, 5.41) is 0. The molecule has 1 aromatic rings. The van der Waals surface area contributed by atoms with Gasteiger partial charge >= 0.3 is 0 Å². The Morgan fingerprint density at radius 1 is 0.950 bits per heavy atom. The third kappa shape index (κ3) is 2.90. The van der Waals surface area contributed by atoms with E-state index in [-0.39, 0.29) is 0 Å². The van der Waals surface area contributed by atoms with Crippen molar-refractivity contribution in [2.45, 2.75) is 37.0 Å². The van der Waals surface area contributed by atoms with Crippen LogP contribution >= 0.6 is 11.8 Å². The van der Waals surface area contributed by atoms with E-state index in [9.17, 15) is 8.42 Å². The second-order valence-corrected chi connectivity index (χ2v) is 8.67. The highest BCUT2D eigenvalue weighted by molar-refractivity contribution is 7.99. The fourth-order valence-electron chi connectivity index (χ4n) is 2.98. The summed E-state index contributed by atoms with van der Waals surface area (Å²) in [5.41, 5.74) is 2.57. The van der Waals surface area contributed by atoms with Gasteiger partial charge in [0.05, 0.1) is 4.90 Å². The van der Waals surface area contributed by atoms with Crippen LogP contribution in [0.4, 0.5) is 0 Å². The molecule has 0 saturated carbocycles. The summed E-state index contributed by atoms with van der Waals surface area (Å²) in [6.07, 6.45) is 5.47. The van der Waals surface area contributed by atoms with Crippen molar-refractivity contribution < 1.29 is 8.42 Å². The van der Waals surface area contributed by atoms with Crippen LogP contribution < -0.4 is 0 Å². The molecule has 1 aromatic carbocycles. The van der Waals surface area contributed by atoms with E-state index in [4.69, 9.17) is 0 Å². The van der Waals surface area contributed by atoms with Crippen LogP contribution in [0.1, 0.15) is 30.4 Å². The van der Waals surface area contributed by atoms with Crippen LogP contribution in [-0.2, 0) is 22.9 Å². The Kier molecular flexibility index (Phi) is 4.38. The smallest absolute Gasteiger partial charge is 0.207 e. The van der Waals surface area contributed by atoms with Crippen LogP contribution in [0.15, 0.2) is 23.1 Å². The van der Waals surface area contributed by atoms with E-state index in [1.165, 1.54) is 24.0 Å². The van der Waals surface area contributed by atoms with E-state index in [0.29, 0.717) is 18.0 Å². The minimum atomic E-state index is -3.30. The minimum Gasteiger partial charge on any atom is -0.207 e. The van der Waals surface area contributed by atoms with Gasteiger partial charge in [0, 0.05) is 18.8 Å². The minimum absolute atomic E-state index is 0.491. The highest BCUT2D eigenvalue weighted by Gasteiger charge is 2.26. The van der Waals surface area contributed by atoms with Gasteiger partial charge in [-0.05, 0) is 61.1 Å². The summed E-state index contributed by atoms with van der Waals surface area (Å²) in [6, 6.07) is 5.74. The van der Waals surface area contributed by atoms with Gasteiger partial charge in [-0.15, -0.1) is 0 Å². The second-order valence-electron chi connectivity index (χ2n) is 5.51. The number of nitrogens with zero attached hydrogens (tertiary/aromatic N) is 1. The van der Waals surface area contributed by atoms with Crippen molar-refractivity contribution in [1.82, 2.24) is 4.31 Å². The standard InChI is InChI=1S/C15H21NO2S2/c17-20(18,16-8-3-10-19-11-9-16)15-7-6-13-4-1-2-5-14(13)12-15/h6-7,12H,1-5,8-11H2. The quantitative estimate of drug-likeness (QED) is 0.843. The first-order valence-corrected chi connectivity index (χ1v) is 9.97. The van der Waals surface area contributed by atoms with Crippen LogP contribution in [0, 0.1) is 0 Å². The molecular formula is C15H21NO2S2. The molecule has 0 radical (unpaired) electrons. The molecule has 0 spiro atoms. The van der Waals surface area contributed by atoms with Crippen molar-refractivity contribution in [1.29, 1.82) is 0 Å². The Balaban J connectivity index is 1.90. The summed E-state index contributed by atoms with van der Waals surface area (Å²) < 4.78 is 27.1. The third-order valence-corrected chi connectivity index (χ3v) is 7.08. The average Bonchev–Trinajstić information content (AvgIpc) is 2.76. The maximum absolute atomic E-state index is 12.7. The molecule has 0 unspecified atom stereocenters. The molecule has 0 bridgehead atoms. The van der Waals surface area contributed by atoms with Crippen molar-refractivity contribution in [3.8, 4) is 0 Å². The number of aryl methyl sites for hydroxylation is 2. The molecule has 0 N–H and O–H groups in total. The molecule has 1 heterocycles. The number of thioether (sulfide) groups is 1. The normalized spacial score (nSPS) is 21.2. The van der Waals surface area contributed by atoms with E-state index in [1.54, 1.807) is 10.4 Å². The summed E-state index contributed by atoms with van der Waals surface area (Å²) >= 11 is 1.85. The molecule has 0 amide bonds. The van der Waals surface area contributed by atoms with Crippen molar-refractivity contribution >= 4 is 21.8 Å². The molecule has 3 nitrogen and oxygen atoms in total. The second kappa shape index (κ2) is 6.08. The van der Waals surface area contributed by atoms with Gasteiger partial charge in [-0.3, -0.25) is 0 Å². The molecule has 1 aliphatic heterocycles. The van der Waals surface area contributed by atoms with Gasteiger partial charge in [0.2, 0.25) is 10.0 Å². The van der Waals surface area contributed by atoms with Gasteiger partial charge in [-0.2, -0.15) is 16.1 Å². The molecule has 5 heteroatoms. The summed E-state index contributed by atoms with van der Waals surface area (Å²) in [4.78, 5) is 0.491. The zero-order valence-corrected chi connectivity index (χ0v) is 13.3. The fourth-order valence-corrected chi connectivity index (χ4v) is 5.52. The van der Waals surface area contributed by atoms with Gasteiger partial charge in [0.1, 0.15) is 0 Å². The summed E-state index contributed by atoms with van der Waals surface area (Å²) in [7, 11) is -3.30. The topological polar surface area (TPSA) is 37.4 Å². The van der Waals surface area contributed by atoms with Gasteiger partial charge in [-0.1, -0.05) is 6.07 Å². The van der Waals surface area contributed by atoms with Crippen LogP contribution in [0.25, 0.3) is 0 Å². The SMILES string of the molecule is O=S(=O)(c1ccc2c(c1)CCCC2)N1CCCSCC1. The molecule has 110 valence electrons. The summed E-state index contributed by atoms with van der Waals surface area (Å²) in [5.74, 6) is 1.97. The van der Waals surface area contributed by atoms with Crippen LogP contribution in [-0.4, -0.2) is 37.3 Å². The number of sulfonamides is 1. The molecule has 20 heavy (non-hydrogen) atoms. The number of hydrogen-bond donors (Lipinski definition) is 0. The van der Waals surface area contributed by atoms with Gasteiger partial charge < -0.3 is 0 Å². The van der Waals surface area contributed by atoms with Crippen molar-refractivity contribution in [3.05, 3.63) is 29.3 Å². The van der Waals surface area contributed by atoms with E-state index in [2.05, 4.69) is 0 Å². The fraction of sp³-hybridized carbons (Fsp3) is 0.600. The maximum Gasteiger partial charge on any atom is 0.243 e. The molecule has 0 atom stereocenters. The lowest BCUT2D eigenvalue weighted by molar-refractivity contribution is 0.435. The van der Waals surface area contributed by atoms with Crippen molar-refractivity contribution in [2.24, 2.45) is 0 Å². The van der Waals surface area contributed by atoms with Gasteiger partial charge in [-0.25, -0.2) is 8.42 Å². The first-order valence-electron chi connectivity index (χ1n) is 7.37. The Morgan fingerprint density at radius 3 is 2.60 bits per heavy atom. The lowest BCUT2D eigenvalue weighted by Gasteiger charge is -2.22. The lowest BCUT2D eigenvalue weighted by Crippen LogP contribution is -2.33. The van der Waals surface area contributed by atoms with Crippen LogP contribution in [0.2, 0.25) is 0 Å². The lowest BCUT2D eigenvalue weighted by atomic mass is 9.92. The predicted octanol–water partition coefficient (Wildman–Crippen LogP) is 2.69. The van der Waals surface area contributed by atoms with E-state index in [1.807, 2.05) is 23.9 Å². The van der Waals surface area contributed by atoms with Crippen LogP contribution in [0.5, 0.6) is 0 Å². The Hall–Kier alpha value is -0.520. The number of benzene rings is 1. The molecule has 1 saturated heterocycles. The zero-order chi connectivity index (χ0) is 14.0. The maximum atomic E-state index is 12.7. The van der Waals surface area contributed by atoms with Crippen molar-refractivity contribution in [3.63, 3.8) is 0 Å². The predicted molar refractivity (Wildman–Crippen MR) is 83.8 cm³/mol. The molecule has 2 aliphatic rings. The van der Waals surface area contributed by atoms with Crippen LogP contribution in [0.3, 0.4) is 0 Å². The number of rotatable bonds is 2. The molecule has 1 fully saturated rings. The number of fused-ring (bicyclic) bond motifs is 1. The Morgan fingerprint density at radius 2 is 1.75 bits per heavy atom. The Bertz CT molecular complexity index is 576. The highest BCUT2D eigenvalue weighted by Crippen LogP contribution is 2.26. The first kappa shape index (κ1) is 14.4. The monoisotopic (exact) mass is 311 g/mol. The van der Waals surface area contributed by atoms with Gasteiger partial charge in [0.25, 0.3) is 0 Å². The first-order chi connectivity index (χ1) is 9.68. The Labute approximate surface area is 125 Å². The molecule has 0 aromatic heterocycles. The third-order valence-electron chi connectivity index (χ3n) is 4.14. The van der Waals surface area contributed by atoms with Crippen molar-refractivity contribution in [2.75, 3.05) is 24.6 Å². The van der Waals surface area contributed by atoms with Gasteiger partial charge in [0.15, 0.2) is 0 Å². The zero-order valence-electron chi connectivity index (χ0n) is 11.7.